The Morgan fingerprint density at radius 3 is 1.88 bits per heavy atom. The van der Waals surface area contributed by atoms with Crippen LogP contribution in [0.5, 0.6) is 0 Å². The van der Waals surface area contributed by atoms with E-state index in [9.17, 15) is 13.5 Å². The fourth-order valence-corrected chi connectivity index (χ4v) is 3.69. The second kappa shape index (κ2) is 4.88. The predicted molar refractivity (Wildman–Crippen MR) is 70.6 cm³/mol. The summed E-state index contributed by atoms with van der Waals surface area (Å²) in [6.07, 6.45) is 3.51. The van der Waals surface area contributed by atoms with Crippen LogP contribution in [0.3, 0.4) is 0 Å². The summed E-state index contributed by atoms with van der Waals surface area (Å²) >= 11 is 0. The van der Waals surface area contributed by atoms with E-state index in [0.29, 0.717) is 11.8 Å². The lowest BCUT2D eigenvalue weighted by Gasteiger charge is -2.40. The zero-order valence-electron chi connectivity index (χ0n) is 11.6. The van der Waals surface area contributed by atoms with Crippen molar-refractivity contribution in [1.82, 2.24) is 0 Å². The summed E-state index contributed by atoms with van der Waals surface area (Å²) in [5.41, 5.74) is 0. The van der Waals surface area contributed by atoms with E-state index in [1.165, 1.54) is 12.7 Å². The minimum absolute atomic E-state index is 0.110. The number of hydrogen-bond donors (Lipinski definition) is 1. The molecule has 1 saturated carbocycles. The van der Waals surface area contributed by atoms with E-state index in [0.717, 1.165) is 12.8 Å². The number of sulfone groups is 1. The molecule has 3 nitrogen and oxygen atoms in total. The Labute approximate surface area is 106 Å². The van der Waals surface area contributed by atoms with Gasteiger partial charge in [0, 0.05) is 6.26 Å². The van der Waals surface area contributed by atoms with Crippen LogP contribution in [0, 0.1) is 17.8 Å². The van der Waals surface area contributed by atoms with Crippen molar-refractivity contribution in [3.05, 3.63) is 0 Å². The third kappa shape index (κ3) is 3.22. The highest BCUT2D eigenvalue weighted by Gasteiger charge is 2.43. The Morgan fingerprint density at radius 2 is 1.53 bits per heavy atom. The van der Waals surface area contributed by atoms with Gasteiger partial charge >= 0.3 is 0 Å². The third-order valence-corrected chi connectivity index (χ3v) is 6.48. The van der Waals surface area contributed by atoms with Gasteiger partial charge in [-0.1, -0.05) is 13.8 Å². The highest BCUT2D eigenvalue weighted by molar-refractivity contribution is 7.92. The first-order valence-corrected chi connectivity index (χ1v) is 8.32. The standard InChI is InChI=1S/C13H26O3S/c1-9-6-10(2)8-11(7-9)12(14)13(3,4)17(5,15)16/h9-12,14H,6-8H2,1-5H3. The lowest BCUT2D eigenvalue weighted by Crippen LogP contribution is -2.48. The molecule has 0 aromatic heterocycles. The highest BCUT2D eigenvalue weighted by atomic mass is 32.2. The van der Waals surface area contributed by atoms with Gasteiger partial charge in [0.1, 0.15) is 0 Å². The van der Waals surface area contributed by atoms with Crippen LogP contribution in [0.15, 0.2) is 0 Å². The van der Waals surface area contributed by atoms with Crippen LogP contribution in [-0.2, 0) is 9.84 Å². The SMILES string of the molecule is CC1CC(C)CC(C(O)C(C)(C)S(C)(=O)=O)C1. The van der Waals surface area contributed by atoms with E-state index in [4.69, 9.17) is 0 Å². The van der Waals surface area contributed by atoms with Crippen LogP contribution in [-0.4, -0.2) is 30.6 Å². The molecule has 17 heavy (non-hydrogen) atoms. The summed E-state index contributed by atoms with van der Waals surface area (Å²) in [6.45, 7) is 7.64. The largest absolute Gasteiger partial charge is 0.391 e. The first-order chi connectivity index (χ1) is 7.55. The minimum Gasteiger partial charge on any atom is -0.391 e. The summed E-state index contributed by atoms with van der Waals surface area (Å²) in [6, 6.07) is 0. The number of aliphatic hydroxyl groups excluding tert-OH is 1. The topological polar surface area (TPSA) is 54.4 Å². The molecule has 0 radical (unpaired) electrons. The molecule has 0 heterocycles. The first-order valence-electron chi connectivity index (χ1n) is 6.43. The third-order valence-electron chi connectivity index (χ3n) is 4.33. The molecule has 3 unspecified atom stereocenters. The molecule has 1 fully saturated rings. The summed E-state index contributed by atoms with van der Waals surface area (Å²) < 4.78 is 22.4. The molecule has 0 spiro atoms. The predicted octanol–water partition coefficient (Wildman–Crippen LogP) is 2.24. The molecule has 102 valence electrons. The van der Waals surface area contributed by atoms with Crippen LogP contribution in [0.1, 0.15) is 47.0 Å². The van der Waals surface area contributed by atoms with Gasteiger partial charge in [0.2, 0.25) is 0 Å². The smallest absolute Gasteiger partial charge is 0.155 e. The normalized spacial score (nSPS) is 33.4. The maximum Gasteiger partial charge on any atom is 0.155 e. The van der Waals surface area contributed by atoms with Crippen LogP contribution in [0.4, 0.5) is 0 Å². The molecule has 0 aliphatic heterocycles. The molecule has 1 aliphatic carbocycles. The van der Waals surface area contributed by atoms with Crippen LogP contribution >= 0.6 is 0 Å². The summed E-state index contributed by atoms with van der Waals surface area (Å²) in [7, 11) is -3.24. The molecule has 0 saturated heterocycles. The van der Waals surface area contributed by atoms with Gasteiger partial charge in [0.05, 0.1) is 10.9 Å². The number of hydrogen-bond acceptors (Lipinski definition) is 3. The molecule has 4 heteroatoms. The average molecular weight is 262 g/mol. The monoisotopic (exact) mass is 262 g/mol. The van der Waals surface area contributed by atoms with Crippen LogP contribution in [0.2, 0.25) is 0 Å². The Balaban J connectivity index is 2.86. The quantitative estimate of drug-likeness (QED) is 0.848. The molecular weight excluding hydrogens is 236 g/mol. The minimum atomic E-state index is -3.24. The van der Waals surface area contributed by atoms with E-state index in [1.807, 2.05) is 0 Å². The Bertz CT molecular complexity index is 349. The van der Waals surface area contributed by atoms with Crippen molar-refractivity contribution in [2.24, 2.45) is 17.8 Å². The van der Waals surface area contributed by atoms with Crippen molar-refractivity contribution in [3.63, 3.8) is 0 Å². The molecular formula is C13H26O3S. The second-order valence-electron chi connectivity index (χ2n) is 6.50. The molecule has 0 aromatic carbocycles. The van der Waals surface area contributed by atoms with Crippen LogP contribution in [0.25, 0.3) is 0 Å². The van der Waals surface area contributed by atoms with Crippen molar-refractivity contribution in [3.8, 4) is 0 Å². The molecule has 3 atom stereocenters. The molecule has 1 N–H and O–H groups in total. The van der Waals surface area contributed by atoms with E-state index < -0.39 is 20.7 Å². The van der Waals surface area contributed by atoms with Gasteiger partial charge < -0.3 is 5.11 Å². The fraction of sp³-hybridized carbons (Fsp3) is 1.00. The number of aliphatic hydroxyl groups is 1. The summed E-state index contributed by atoms with van der Waals surface area (Å²) in [5, 5.41) is 10.4. The van der Waals surface area contributed by atoms with Crippen molar-refractivity contribution in [2.45, 2.75) is 57.8 Å². The Morgan fingerprint density at radius 1 is 1.12 bits per heavy atom. The van der Waals surface area contributed by atoms with Crippen molar-refractivity contribution in [2.75, 3.05) is 6.26 Å². The molecule has 1 rings (SSSR count). The Kier molecular flexibility index (Phi) is 4.30. The zero-order valence-corrected chi connectivity index (χ0v) is 12.4. The van der Waals surface area contributed by atoms with Gasteiger partial charge in [-0.2, -0.15) is 0 Å². The fourth-order valence-electron chi connectivity index (χ4n) is 3.05. The first kappa shape index (κ1) is 15.0. The lowest BCUT2D eigenvalue weighted by molar-refractivity contribution is 0.0329. The molecule has 0 aromatic rings. The maximum atomic E-state index is 11.7. The molecule has 0 amide bonds. The van der Waals surface area contributed by atoms with Gasteiger partial charge in [-0.15, -0.1) is 0 Å². The van der Waals surface area contributed by atoms with Crippen molar-refractivity contribution in [1.29, 1.82) is 0 Å². The van der Waals surface area contributed by atoms with E-state index >= 15 is 0 Å². The van der Waals surface area contributed by atoms with Gasteiger partial charge in [0.15, 0.2) is 9.84 Å². The Hall–Kier alpha value is -0.0900. The summed E-state index contributed by atoms with van der Waals surface area (Å²) in [5.74, 6) is 1.26. The lowest BCUT2D eigenvalue weighted by atomic mass is 9.72. The molecule has 1 aliphatic rings. The number of rotatable bonds is 3. The van der Waals surface area contributed by atoms with Crippen LogP contribution < -0.4 is 0 Å². The van der Waals surface area contributed by atoms with Gasteiger partial charge in [-0.05, 0) is 50.9 Å². The van der Waals surface area contributed by atoms with Crippen molar-refractivity contribution < 1.29 is 13.5 Å². The molecule has 0 bridgehead atoms. The highest BCUT2D eigenvalue weighted by Crippen LogP contribution is 2.39. The summed E-state index contributed by atoms with van der Waals surface area (Å²) in [4.78, 5) is 0. The van der Waals surface area contributed by atoms with E-state index in [2.05, 4.69) is 13.8 Å². The zero-order chi connectivity index (χ0) is 13.4. The van der Waals surface area contributed by atoms with E-state index in [1.54, 1.807) is 13.8 Å². The van der Waals surface area contributed by atoms with E-state index in [-0.39, 0.29) is 5.92 Å². The van der Waals surface area contributed by atoms with Gasteiger partial charge in [-0.25, -0.2) is 8.42 Å². The second-order valence-corrected chi connectivity index (χ2v) is 9.09. The van der Waals surface area contributed by atoms with Gasteiger partial charge in [0.25, 0.3) is 0 Å². The maximum absolute atomic E-state index is 11.7. The average Bonchev–Trinajstić information content (AvgIpc) is 2.13. The van der Waals surface area contributed by atoms with Gasteiger partial charge in [-0.3, -0.25) is 0 Å². The van der Waals surface area contributed by atoms with Crippen molar-refractivity contribution >= 4 is 9.84 Å².